The van der Waals surface area contributed by atoms with Crippen LogP contribution in [0.2, 0.25) is 0 Å². The Labute approximate surface area is 63.3 Å². The van der Waals surface area contributed by atoms with Crippen LogP contribution >= 0.6 is 0 Å². The van der Waals surface area contributed by atoms with Gasteiger partial charge in [0.05, 0.1) is 0 Å². The number of hydrogen-bond donors (Lipinski definition) is 1. The zero-order chi connectivity index (χ0) is 7.84. The minimum Gasteiger partial charge on any atom is -0.341 e. The summed E-state index contributed by atoms with van der Waals surface area (Å²) in [5.74, 6) is -0.747. The minimum atomic E-state index is -0.405. The summed E-state index contributed by atoms with van der Waals surface area (Å²) in [7, 11) is 0. The zero-order valence-corrected chi connectivity index (χ0v) is 5.68. The first-order chi connectivity index (χ1) is 5.29. The molecule has 1 N–H and O–H groups in total. The maximum absolute atomic E-state index is 10.9. The van der Waals surface area contributed by atoms with Crippen LogP contribution in [0, 0.1) is 5.92 Å². The molecule has 0 amide bonds. The number of carbonyl (C=O) groups is 1. The van der Waals surface area contributed by atoms with Gasteiger partial charge in [0.2, 0.25) is 0 Å². The third-order valence-electron chi connectivity index (χ3n) is 1.82. The Morgan fingerprint density at radius 3 is 2.91 bits per heavy atom. The molecule has 1 saturated heterocycles. The molecule has 0 saturated carbocycles. The van der Waals surface area contributed by atoms with Crippen LogP contribution < -0.4 is 0 Å². The monoisotopic (exact) mass is 153 g/mol. The maximum Gasteiger partial charge on any atom is 0.337 e. The topological polar surface area (TPSA) is 49.8 Å². The normalized spacial score (nSPS) is 35.5. The number of carbonyl (C=O) groups excluding carboxylic acids is 1. The number of allylic oxidation sites excluding steroid dienone is 2. The fourth-order valence-corrected chi connectivity index (χ4v) is 1.24. The number of rotatable bonds is 0. The van der Waals surface area contributed by atoms with Crippen LogP contribution in [0.1, 0.15) is 0 Å². The molecular weight excluding hydrogens is 146 g/mol. The summed E-state index contributed by atoms with van der Waals surface area (Å²) in [4.78, 5) is 15.4. The fourth-order valence-electron chi connectivity index (χ4n) is 1.24. The average molecular weight is 153 g/mol. The molecule has 1 aliphatic carbocycles. The number of hydrogen-bond acceptors (Lipinski definition) is 4. The molecule has 4 heteroatoms. The van der Waals surface area contributed by atoms with Crippen molar-refractivity contribution in [3.05, 3.63) is 24.3 Å². The first-order valence-electron chi connectivity index (χ1n) is 3.34. The van der Waals surface area contributed by atoms with Crippen molar-refractivity contribution in [2.24, 2.45) is 5.92 Å². The zero-order valence-electron chi connectivity index (χ0n) is 5.68. The van der Waals surface area contributed by atoms with Gasteiger partial charge in [-0.05, 0) is 5.23 Å². The van der Waals surface area contributed by atoms with Crippen LogP contribution in [0.3, 0.4) is 0 Å². The van der Waals surface area contributed by atoms with Gasteiger partial charge in [0.25, 0.3) is 0 Å². The molecule has 4 nitrogen and oxygen atoms in total. The van der Waals surface area contributed by atoms with Gasteiger partial charge < -0.3 is 4.84 Å². The first kappa shape index (κ1) is 6.57. The van der Waals surface area contributed by atoms with Gasteiger partial charge in [0.15, 0.2) is 0 Å². The van der Waals surface area contributed by atoms with Crippen molar-refractivity contribution in [1.82, 2.24) is 5.23 Å². The standard InChI is InChI=1S/C7H7NO3/c9-7-5-3-1-2-4-6(5)8(10)11-7/h1-6,10H. The van der Waals surface area contributed by atoms with Crippen molar-refractivity contribution in [3.63, 3.8) is 0 Å². The van der Waals surface area contributed by atoms with Crippen LogP contribution in [-0.4, -0.2) is 22.4 Å². The summed E-state index contributed by atoms with van der Waals surface area (Å²) in [6.07, 6.45) is 6.96. The molecular formula is C7H7NO3. The van der Waals surface area contributed by atoms with E-state index in [9.17, 15) is 4.79 Å². The first-order valence-corrected chi connectivity index (χ1v) is 3.34. The van der Waals surface area contributed by atoms with Crippen molar-refractivity contribution in [2.45, 2.75) is 6.04 Å². The average Bonchev–Trinajstić information content (AvgIpc) is 2.30. The van der Waals surface area contributed by atoms with Gasteiger partial charge in [0.1, 0.15) is 12.0 Å². The predicted octanol–water partition coefficient (Wildman–Crippen LogP) is 0.260. The highest BCUT2D eigenvalue weighted by molar-refractivity contribution is 5.77. The fraction of sp³-hybridized carbons (Fsp3) is 0.286. The molecule has 11 heavy (non-hydrogen) atoms. The third-order valence-corrected chi connectivity index (χ3v) is 1.82. The quantitative estimate of drug-likeness (QED) is 0.542. The lowest BCUT2D eigenvalue weighted by molar-refractivity contribution is -0.306. The van der Waals surface area contributed by atoms with E-state index in [0.29, 0.717) is 5.23 Å². The minimum absolute atomic E-state index is 0.340. The van der Waals surface area contributed by atoms with Crippen LogP contribution in [0.4, 0.5) is 0 Å². The van der Waals surface area contributed by atoms with Gasteiger partial charge in [-0.2, -0.15) is 0 Å². The Kier molecular flexibility index (Phi) is 1.30. The Balaban J connectivity index is 2.29. The van der Waals surface area contributed by atoms with Gasteiger partial charge in [0, 0.05) is 0 Å². The van der Waals surface area contributed by atoms with Crippen molar-refractivity contribution < 1.29 is 14.8 Å². The third kappa shape index (κ3) is 0.875. The molecule has 2 rings (SSSR count). The van der Waals surface area contributed by atoms with Crippen LogP contribution in [0.25, 0.3) is 0 Å². The van der Waals surface area contributed by atoms with E-state index in [-0.39, 0.29) is 12.0 Å². The second-order valence-corrected chi connectivity index (χ2v) is 2.50. The van der Waals surface area contributed by atoms with E-state index in [1.54, 1.807) is 24.3 Å². The highest BCUT2D eigenvalue weighted by atomic mass is 16.9. The lowest BCUT2D eigenvalue weighted by Crippen LogP contribution is -2.27. The molecule has 2 aliphatic rings. The SMILES string of the molecule is O=C1ON(O)C2C=CC=CC12. The smallest absolute Gasteiger partial charge is 0.337 e. The van der Waals surface area contributed by atoms with Crippen LogP contribution in [0.5, 0.6) is 0 Å². The molecule has 0 aromatic rings. The van der Waals surface area contributed by atoms with Crippen molar-refractivity contribution in [2.75, 3.05) is 0 Å². The van der Waals surface area contributed by atoms with E-state index in [0.717, 1.165) is 0 Å². The van der Waals surface area contributed by atoms with Crippen molar-refractivity contribution in [3.8, 4) is 0 Å². The Morgan fingerprint density at radius 1 is 1.45 bits per heavy atom. The molecule has 0 bridgehead atoms. The largest absolute Gasteiger partial charge is 0.341 e. The Bertz CT molecular complexity index is 246. The summed E-state index contributed by atoms with van der Waals surface area (Å²) >= 11 is 0. The lowest BCUT2D eigenvalue weighted by Gasteiger charge is -2.13. The number of hydroxylamine groups is 2. The second-order valence-electron chi connectivity index (χ2n) is 2.50. The number of nitrogens with zero attached hydrogens (tertiary/aromatic N) is 1. The Morgan fingerprint density at radius 2 is 2.18 bits per heavy atom. The molecule has 0 spiro atoms. The molecule has 0 aromatic heterocycles. The molecule has 1 aliphatic heterocycles. The molecule has 0 radical (unpaired) electrons. The lowest BCUT2D eigenvalue weighted by atomic mass is 9.97. The van der Waals surface area contributed by atoms with E-state index in [1.807, 2.05) is 0 Å². The van der Waals surface area contributed by atoms with E-state index in [2.05, 4.69) is 4.84 Å². The predicted molar refractivity (Wildman–Crippen MR) is 35.3 cm³/mol. The summed E-state index contributed by atoms with van der Waals surface area (Å²) < 4.78 is 0. The molecule has 1 fully saturated rings. The van der Waals surface area contributed by atoms with Crippen LogP contribution in [-0.2, 0) is 9.63 Å². The van der Waals surface area contributed by atoms with Gasteiger partial charge in [-0.3, -0.25) is 5.21 Å². The summed E-state index contributed by atoms with van der Waals surface area (Å²) in [5.41, 5.74) is 0. The molecule has 1 heterocycles. The summed E-state index contributed by atoms with van der Waals surface area (Å²) in [6.45, 7) is 0. The van der Waals surface area contributed by atoms with Crippen molar-refractivity contribution >= 4 is 5.97 Å². The van der Waals surface area contributed by atoms with E-state index in [1.165, 1.54) is 0 Å². The van der Waals surface area contributed by atoms with Gasteiger partial charge in [-0.1, -0.05) is 24.3 Å². The van der Waals surface area contributed by atoms with Crippen LogP contribution in [0.15, 0.2) is 24.3 Å². The molecule has 2 unspecified atom stereocenters. The van der Waals surface area contributed by atoms with Gasteiger partial charge >= 0.3 is 5.97 Å². The highest BCUT2D eigenvalue weighted by Crippen LogP contribution is 2.25. The second kappa shape index (κ2) is 2.18. The maximum atomic E-state index is 10.9. The van der Waals surface area contributed by atoms with E-state index >= 15 is 0 Å². The van der Waals surface area contributed by atoms with Gasteiger partial charge in [-0.15, -0.1) is 0 Å². The van der Waals surface area contributed by atoms with E-state index < -0.39 is 5.97 Å². The summed E-state index contributed by atoms with van der Waals surface area (Å²) in [6, 6.07) is -0.340. The molecule has 0 aromatic carbocycles. The summed E-state index contributed by atoms with van der Waals surface area (Å²) in [5, 5.41) is 9.59. The van der Waals surface area contributed by atoms with Crippen molar-refractivity contribution in [1.29, 1.82) is 0 Å². The highest BCUT2D eigenvalue weighted by Gasteiger charge is 2.40. The van der Waals surface area contributed by atoms with E-state index in [4.69, 9.17) is 5.21 Å². The van der Waals surface area contributed by atoms with Gasteiger partial charge in [-0.25, -0.2) is 4.79 Å². The Hall–Kier alpha value is -1.13. The number of fused-ring (bicyclic) bond motifs is 1. The molecule has 2 atom stereocenters. The molecule has 58 valence electrons.